The van der Waals surface area contributed by atoms with E-state index in [4.69, 9.17) is 27.9 Å². The zero-order valence-electron chi connectivity index (χ0n) is 9.60. The Kier molecular flexibility index (Phi) is 4.45. The predicted molar refractivity (Wildman–Crippen MR) is 69.2 cm³/mol. The Labute approximate surface area is 115 Å². The van der Waals surface area contributed by atoms with Crippen molar-refractivity contribution in [2.45, 2.75) is 6.04 Å². The lowest BCUT2D eigenvalue weighted by molar-refractivity contribution is -0.145. The third-order valence-electron chi connectivity index (χ3n) is 2.90. The smallest absolute Gasteiger partial charge is 0.325 e. The number of ether oxygens (including phenoxy) is 1. The van der Waals surface area contributed by atoms with Gasteiger partial charge in [-0.25, -0.2) is 0 Å². The van der Waals surface area contributed by atoms with Gasteiger partial charge in [0.15, 0.2) is 0 Å². The highest BCUT2D eigenvalue weighted by Crippen LogP contribution is 2.30. The van der Waals surface area contributed by atoms with Gasteiger partial charge >= 0.3 is 5.97 Å². The molecule has 1 N–H and O–H groups in total. The first-order chi connectivity index (χ1) is 8.59. The van der Waals surface area contributed by atoms with Crippen molar-refractivity contribution in [1.29, 1.82) is 0 Å². The van der Waals surface area contributed by atoms with Crippen molar-refractivity contribution in [3.8, 4) is 0 Å². The summed E-state index contributed by atoms with van der Waals surface area (Å²) in [5.74, 6) is -0.916. The Hall–Kier alpha value is -0.810. The fraction of sp³-hybridized carbons (Fsp3) is 0.417. The second kappa shape index (κ2) is 5.89. The molecule has 0 saturated carbocycles. The minimum atomic E-state index is -0.916. The lowest BCUT2D eigenvalue weighted by Crippen LogP contribution is -2.42. The summed E-state index contributed by atoms with van der Waals surface area (Å²) in [4.78, 5) is 13.3. The number of carboxylic acids is 1. The Balaban J connectivity index is 2.31. The van der Waals surface area contributed by atoms with E-state index in [1.54, 1.807) is 18.2 Å². The lowest BCUT2D eigenvalue weighted by atomic mass is 10.0. The van der Waals surface area contributed by atoms with Gasteiger partial charge in [0.05, 0.1) is 13.2 Å². The van der Waals surface area contributed by atoms with Crippen LogP contribution < -0.4 is 0 Å². The van der Waals surface area contributed by atoms with Gasteiger partial charge in [0.1, 0.15) is 6.04 Å². The SMILES string of the molecule is O=C(O)C(c1ccc(Cl)cc1Cl)N1CCOCC1. The average molecular weight is 290 g/mol. The summed E-state index contributed by atoms with van der Waals surface area (Å²) in [7, 11) is 0. The molecule has 1 saturated heterocycles. The second-order valence-corrected chi connectivity index (χ2v) is 4.90. The molecular weight excluding hydrogens is 277 g/mol. The fourth-order valence-electron chi connectivity index (χ4n) is 2.04. The van der Waals surface area contributed by atoms with Gasteiger partial charge in [-0.3, -0.25) is 9.69 Å². The molecule has 18 heavy (non-hydrogen) atoms. The Bertz CT molecular complexity index is 447. The topological polar surface area (TPSA) is 49.8 Å². The maximum atomic E-state index is 11.5. The summed E-state index contributed by atoms with van der Waals surface area (Å²) in [5.41, 5.74) is 0.565. The third-order valence-corrected chi connectivity index (χ3v) is 3.46. The molecule has 1 aliphatic heterocycles. The molecule has 98 valence electrons. The molecule has 0 amide bonds. The van der Waals surface area contributed by atoms with Crippen LogP contribution in [0.2, 0.25) is 10.0 Å². The molecule has 1 fully saturated rings. The zero-order chi connectivity index (χ0) is 13.1. The van der Waals surface area contributed by atoms with E-state index in [2.05, 4.69) is 0 Å². The zero-order valence-corrected chi connectivity index (χ0v) is 11.1. The van der Waals surface area contributed by atoms with Crippen LogP contribution in [0.4, 0.5) is 0 Å². The summed E-state index contributed by atoms with van der Waals surface area (Å²) in [5, 5.41) is 10.3. The molecule has 2 rings (SSSR count). The number of carbonyl (C=O) groups is 1. The first-order valence-electron chi connectivity index (χ1n) is 5.59. The van der Waals surface area contributed by atoms with E-state index in [1.807, 2.05) is 4.90 Å². The van der Waals surface area contributed by atoms with Gasteiger partial charge in [-0.15, -0.1) is 0 Å². The van der Waals surface area contributed by atoms with E-state index in [1.165, 1.54) is 0 Å². The fourth-order valence-corrected chi connectivity index (χ4v) is 2.56. The quantitative estimate of drug-likeness (QED) is 0.929. The molecule has 1 heterocycles. The third kappa shape index (κ3) is 2.95. The van der Waals surface area contributed by atoms with Crippen molar-refractivity contribution in [1.82, 2.24) is 4.90 Å². The highest BCUT2D eigenvalue weighted by Gasteiger charge is 2.30. The molecule has 1 aromatic carbocycles. The molecule has 4 nitrogen and oxygen atoms in total. The summed E-state index contributed by atoms with van der Waals surface area (Å²) in [6, 6.07) is 4.13. The van der Waals surface area contributed by atoms with Crippen molar-refractivity contribution in [3.63, 3.8) is 0 Å². The van der Waals surface area contributed by atoms with Crippen molar-refractivity contribution < 1.29 is 14.6 Å². The van der Waals surface area contributed by atoms with Gasteiger partial charge in [0.2, 0.25) is 0 Å². The molecule has 1 aliphatic rings. The van der Waals surface area contributed by atoms with Crippen molar-refractivity contribution in [2.75, 3.05) is 26.3 Å². The maximum absolute atomic E-state index is 11.5. The van der Waals surface area contributed by atoms with Gasteiger partial charge in [-0.2, -0.15) is 0 Å². The predicted octanol–water partition coefficient (Wildman–Crippen LogP) is 2.45. The highest BCUT2D eigenvalue weighted by atomic mass is 35.5. The van der Waals surface area contributed by atoms with Crippen molar-refractivity contribution in [3.05, 3.63) is 33.8 Å². The van der Waals surface area contributed by atoms with Crippen LogP contribution in [0.15, 0.2) is 18.2 Å². The molecule has 0 radical (unpaired) electrons. The van der Waals surface area contributed by atoms with Crippen LogP contribution in [0, 0.1) is 0 Å². The molecule has 0 aromatic heterocycles. The van der Waals surface area contributed by atoms with E-state index >= 15 is 0 Å². The summed E-state index contributed by atoms with van der Waals surface area (Å²) < 4.78 is 5.23. The van der Waals surface area contributed by atoms with Crippen LogP contribution in [0.3, 0.4) is 0 Å². The van der Waals surface area contributed by atoms with Gasteiger partial charge in [-0.05, 0) is 17.7 Å². The number of rotatable bonds is 3. The summed E-state index contributed by atoms with van der Waals surface area (Å²) in [6.45, 7) is 2.23. The maximum Gasteiger partial charge on any atom is 0.325 e. The first-order valence-corrected chi connectivity index (χ1v) is 6.35. The van der Waals surface area contributed by atoms with Gasteiger partial charge < -0.3 is 9.84 Å². The number of aliphatic carboxylic acids is 1. The molecule has 0 spiro atoms. The molecule has 1 aromatic rings. The molecule has 6 heteroatoms. The lowest BCUT2D eigenvalue weighted by Gasteiger charge is -2.32. The van der Waals surface area contributed by atoms with E-state index in [0.29, 0.717) is 41.9 Å². The van der Waals surface area contributed by atoms with Crippen LogP contribution in [-0.4, -0.2) is 42.3 Å². The van der Waals surface area contributed by atoms with Gasteiger partial charge in [0.25, 0.3) is 0 Å². The van der Waals surface area contributed by atoms with E-state index in [0.717, 1.165) is 0 Å². The number of benzene rings is 1. The first kappa shape index (κ1) is 13.6. The van der Waals surface area contributed by atoms with E-state index in [9.17, 15) is 9.90 Å². The Morgan fingerprint density at radius 2 is 2.00 bits per heavy atom. The van der Waals surface area contributed by atoms with E-state index in [-0.39, 0.29) is 0 Å². The second-order valence-electron chi connectivity index (χ2n) is 4.05. The summed E-state index contributed by atoms with van der Waals surface area (Å²) in [6.07, 6.45) is 0. The van der Waals surface area contributed by atoms with Crippen molar-refractivity contribution >= 4 is 29.2 Å². The number of morpholine rings is 1. The monoisotopic (exact) mass is 289 g/mol. The average Bonchev–Trinajstić information content (AvgIpc) is 2.33. The molecule has 0 aliphatic carbocycles. The molecule has 0 bridgehead atoms. The minimum Gasteiger partial charge on any atom is -0.480 e. The van der Waals surface area contributed by atoms with Crippen LogP contribution in [0.1, 0.15) is 11.6 Å². The largest absolute Gasteiger partial charge is 0.480 e. The number of hydrogen-bond donors (Lipinski definition) is 1. The van der Waals surface area contributed by atoms with Crippen LogP contribution >= 0.6 is 23.2 Å². The molecular formula is C12H13Cl2NO3. The van der Waals surface area contributed by atoms with E-state index < -0.39 is 12.0 Å². The minimum absolute atomic E-state index is 0.376. The number of hydrogen-bond acceptors (Lipinski definition) is 3. The van der Waals surface area contributed by atoms with Crippen molar-refractivity contribution in [2.24, 2.45) is 0 Å². The van der Waals surface area contributed by atoms with Gasteiger partial charge in [-0.1, -0.05) is 29.3 Å². The molecule has 1 atom stereocenters. The number of nitrogens with zero attached hydrogens (tertiary/aromatic N) is 1. The highest BCUT2D eigenvalue weighted by molar-refractivity contribution is 6.35. The van der Waals surface area contributed by atoms with Crippen LogP contribution in [0.25, 0.3) is 0 Å². The van der Waals surface area contributed by atoms with Crippen LogP contribution in [0.5, 0.6) is 0 Å². The molecule has 1 unspecified atom stereocenters. The Morgan fingerprint density at radius 3 is 2.56 bits per heavy atom. The standard InChI is InChI=1S/C12H13Cl2NO3/c13-8-1-2-9(10(14)7-8)11(12(16)17)15-3-5-18-6-4-15/h1-2,7,11H,3-6H2,(H,16,17). The van der Waals surface area contributed by atoms with Gasteiger partial charge in [0, 0.05) is 23.1 Å². The summed E-state index contributed by atoms with van der Waals surface area (Å²) >= 11 is 11.9. The Morgan fingerprint density at radius 1 is 1.33 bits per heavy atom. The number of carboxylic acid groups (broad SMARTS) is 1. The number of halogens is 2. The van der Waals surface area contributed by atoms with Crippen LogP contribution in [-0.2, 0) is 9.53 Å². The normalized spacial score (nSPS) is 18.6.